The molecule has 2 saturated heterocycles. The lowest BCUT2D eigenvalue weighted by Gasteiger charge is -2.42. The van der Waals surface area contributed by atoms with Gasteiger partial charge in [0, 0.05) is 29.7 Å². The van der Waals surface area contributed by atoms with Crippen LogP contribution in [0, 0.1) is 0 Å². The zero-order valence-electron chi connectivity index (χ0n) is 22.9. The Morgan fingerprint density at radius 2 is 1.42 bits per heavy atom. The molecule has 0 aromatic heterocycles. The maximum absolute atomic E-state index is 12.3. The van der Waals surface area contributed by atoms with Crippen LogP contribution in [0.3, 0.4) is 0 Å². The van der Waals surface area contributed by atoms with Crippen LogP contribution >= 0.6 is 0 Å². The lowest BCUT2D eigenvalue weighted by molar-refractivity contribution is -0.318. The van der Waals surface area contributed by atoms with Crippen molar-refractivity contribution in [3.05, 3.63) is 59.7 Å². The number of phenols is 2. The van der Waals surface area contributed by atoms with E-state index in [9.17, 15) is 45.6 Å². The number of ether oxygens (including phenoxy) is 5. The molecular formula is C29H34O14. The Labute approximate surface area is 245 Å². The van der Waals surface area contributed by atoms with E-state index in [4.69, 9.17) is 23.7 Å². The first-order chi connectivity index (χ1) is 20.4. The van der Waals surface area contributed by atoms with Crippen molar-refractivity contribution in [3.8, 4) is 17.2 Å². The number of aliphatic hydroxyl groups is 6. The molecule has 0 saturated carbocycles. The number of benzene rings is 2. The fourth-order valence-corrected chi connectivity index (χ4v) is 5.17. The van der Waals surface area contributed by atoms with Crippen molar-refractivity contribution in [2.75, 3.05) is 6.61 Å². The minimum atomic E-state index is -1.77. The van der Waals surface area contributed by atoms with Crippen LogP contribution in [0.1, 0.15) is 18.1 Å². The second-order valence-corrected chi connectivity index (χ2v) is 10.7. The van der Waals surface area contributed by atoms with Gasteiger partial charge >= 0.3 is 5.97 Å². The fraction of sp³-hybridized carbons (Fsp3) is 0.483. The summed E-state index contributed by atoms with van der Waals surface area (Å²) in [6.45, 7) is 0.976. The summed E-state index contributed by atoms with van der Waals surface area (Å²) in [5.74, 6) is -0.789. The zero-order chi connectivity index (χ0) is 31.0. The Balaban J connectivity index is 1.33. The molecule has 0 radical (unpaired) electrons. The number of carbonyl (C=O) groups is 1. The van der Waals surface area contributed by atoms with Gasteiger partial charge in [0.1, 0.15) is 66.1 Å². The molecule has 2 aromatic rings. The second kappa shape index (κ2) is 12.7. The lowest BCUT2D eigenvalue weighted by Crippen LogP contribution is -2.61. The molecule has 234 valence electrons. The van der Waals surface area contributed by atoms with Crippen LogP contribution in [-0.2, 0) is 30.2 Å². The van der Waals surface area contributed by atoms with Crippen molar-refractivity contribution in [1.29, 1.82) is 0 Å². The van der Waals surface area contributed by atoms with Crippen LogP contribution in [0.15, 0.2) is 48.5 Å². The molecule has 11 atom stereocenters. The molecule has 5 rings (SSSR count). The first-order valence-corrected chi connectivity index (χ1v) is 13.6. The molecule has 8 N–H and O–H groups in total. The van der Waals surface area contributed by atoms with Gasteiger partial charge in [-0.1, -0.05) is 12.1 Å². The molecule has 0 bridgehead atoms. The highest BCUT2D eigenvalue weighted by atomic mass is 16.7. The molecule has 2 fully saturated rings. The molecule has 3 aliphatic rings. The van der Waals surface area contributed by atoms with Crippen molar-refractivity contribution >= 4 is 11.5 Å². The lowest BCUT2D eigenvalue weighted by atomic mass is 9.95. The number of carbonyl (C=O) groups excluding carboxylic acids is 1. The van der Waals surface area contributed by atoms with Crippen molar-refractivity contribution in [3.63, 3.8) is 0 Å². The molecule has 0 aliphatic carbocycles. The SMILES string of the molecule is C[C@@H]1O[C@@H](OC[C@H]2O[C@@H](Oc3cc(O)ccc3C3=CC(=O)O[C@H]3Cc3ccc(O)cc3)[C@@H](O)[C@@H](O)[C@@H]2O)[C@H](O)[C@H](O)[C@H]1O. The summed E-state index contributed by atoms with van der Waals surface area (Å²) in [6, 6.07) is 10.4. The van der Waals surface area contributed by atoms with Gasteiger partial charge in [0.05, 0.1) is 12.7 Å². The van der Waals surface area contributed by atoms with Gasteiger partial charge in [0.25, 0.3) is 0 Å². The highest BCUT2D eigenvalue weighted by Crippen LogP contribution is 2.38. The maximum atomic E-state index is 12.3. The van der Waals surface area contributed by atoms with Gasteiger partial charge in [-0.2, -0.15) is 0 Å². The van der Waals surface area contributed by atoms with Gasteiger partial charge in [0.2, 0.25) is 6.29 Å². The van der Waals surface area contributed by atoms with Gasteiger partial charge in [-0.25, -0.2) is 4.79 Å². The third kappa shape index (κ3) is 6.62. The summed E-state index contributed by atoms with van der Waals surface area (Å²) in [7, 11) is 0. The van der Waals surface area contributed by atoms with Crippen LogP contribution in [-0.4, -0.2) is 121 Å². The Hall–Kier alpha value is -3.31. The van der Waals surface area contributed by atoms with E-state index in [2.05, 4.69) is 0 Å². The van der Waals surface area contributed by atoms with E-state index >= 15 is 0 Å². The third-order valence-electron chi connectivity index (χ3n) is 7.66. The highest BCUT2D eigenvalue weighted by molar-refractivity contribution is 5.98. The summed E-state index contributed by atoms with van der Waals surface area (Å²) in [6.07, 6.45) is -14.2. The zero-order valence-corrected chi connectivity index (χ0v) is 22.9. The van der Waals surface area contributed by atoms with Gasteiger partial charge in [-0.05, 0) is 36.8 Å². The quantitative estimate of drug-likeness (QED) is 0.163. The Morgan fingerprint density at radius 1 is 0.767 bits per heavy atom. The predicted molar refractivity (Wildman–Crippen MR) is 143 cm³/mol. The molecule has 0 spiro atoms. The van der Waals surface area contributed by atoms with Crippen LogP contribution in [0.5, 0.6) is 17.2 Å². The Morgan fingerprint density at radius 3 is 2.14 bits per heavy atom. The molecular weight excluding hydrogens is 572 g/mol. The molecule has 2 aromatic carbocycles. The van der Waals surface area contributed by atoms with Gasteiger partial charge in [-0.3, -0.25) is 0 Å². The third-order valence-corrected chi connectivity index (χ3v) is 7.66. The van der Waals surface area contributed by atoms with E-state index in [-0.39, 0.29) is 23.7 Å². The van der Waals surface area contributed by atoms with Gasteiger partial charge in [-0.15, -0.1) is 0 Å². The molecule has 0 amide bonds. The van der Waals surface area contributed by atoms with Gasteiger partial charge in [0.15, 0.2) is 6.29 Å². The second-order valence-electron chi connectivity index (χ2n) is 10.7. The van der Waals surface area contributed by atoms with E-state index in [1.807, 2.05) is 0 Å². The number of rotatable bonds is 8. The first kappa shape index (κ1) is 31.1. The molecule has 3 heterocycles. The number of aliphatic hydroxyl groups excluding tert-OH is 6. The molecule has 43 heavy (non-hydrogen) atoms. The van der Waals surface area contributed by atoms with Crippen molar-refractivity contribution < 1.29 is 69.3 Å². The number of aromatic hydroxyl groups is 2. The fourth-order valence-electron chi connectivity index (χ4n) is 5.17. The summed E-state index contributed by atoms with van der Waals surface area (Å²) in [5, 5.41) is 81.7. The summed E-state index contributed by atoms with van der Waals surface area (Å²) < 4.78 is 28.0. The number of esters is 1. The number of cyclic esters (lactones) is 1. The summed E-state index contributed by atoms with van der Waals surface area (Å²) in [4.78, 5) is 12.3. The smallest absolute Gasteiger partial charge is 0.331 e. The molecule has 3 aliphatic heterocycles. The topological polar surface area (TPSA) is 225 Å². The number of phenolic OH excluding ortho intramolecular Hbond substituents is 2. The molecule has 14 heteroatoms. The summed E-state index contributed by atoms with van der Waals surface area (Å²) >= 11 is 0. The predicted octanol–water partition coefficient (Wildman–Crippen LogP) is -1.32. The average molecular weight is 607 g/mol. The number of hydrogen-bond donors (Lipinski definition) is 8. The van der Waals surface area contributed by atoms with E-state index in [1.165, 1.54) is 43.3 Å². The van der Waals surface area contributed by atoms with Crippen molar-refractivity contribution in [1.82, 2.24) is 0 Å². The monoisotopic (exact) mass is 606 g/mol. The average Bonchev–Trinajstić information content (AvgIpc) is 3.34. The van der Waals surface area contributed by atoms with Crippen molar-refractivity contribution in [2.45, 2.75) is 80.9 Å². The maximum Gasteiger partial charge on any atom is 0.331 e. The van der Waals surface area contributed by atoms with Crippen LogP contribution in [0.25, 0.3) is 5.57 Å². The van der Waals surface area contributed by atoms with Gasteiger partial charge < -0.3 is 64.5 Å². The van der Waals surface area contributed by atoms with Crippen LogP contribution < -0.4 is 4.74 Å². The van der Waals surface area contributed by atoms with E-state index in [0.717, 1.165) is 5.56 Å². The first-order valence-electron chi connectivity index (χ1n) is 13.6. The Bertz CT molecular complexity index is 1310. The van der Waals surface area contributed by atoms with E-state index in [0.29, 0.717) is 11.1 Å². The Kier molecular flexibility index (Phi) is 9.22. The van der Waals surface area contributed by atoms with Crippen LogP contribution in [0.2, 0.25) is 0 Å². The molecule has 14 nitrogen and oxygen atoms in total. The highest BCUT2D eigenvalue weighted by Gasteiger charge is 2.47. The largest absolute Gasteiger partial charge is 0.508 e. The number of hydrogen-bond acceptors (Lipinski definition) is 14. The van der Waals surface area contributed by atoms with Crippen LogP contribution in [0.4, 0.5) is 0 Å². The standard InChI is InChI=1S/C29H34O14/c1-12-22(33)24(35)26(37)28(40-12)39-11-20-23(34)25(36)27(38)29(43-20)42-19-9-15(31)6-7-16(19)17-10-21(32)41-18(17)8-13-2-4-14(30)5-3-13/h2-7,9-10,12,18,20,22-31,33-38H,8,11H2,1H3/t12-,18-,20+,22-,23+,24+,25-,26+,27-,28+,29+/m0/s1. The normalized spacial score (nSPS) is 36.2. The minimum Gasteiger partial charge on any atom is -0.508 e. The molecule has 0 unspecified atom stereocenters. The van der Waals surface area contributed by atoms with E-state index < -0.39 is 80.1 Å². The van der Waals surface area contributed by atoms with E-state index in [1.54, 1.807) is 12.1 Å². The van der Waals surface area contributed by atoms with Crippen molar-refractivity contribution in [2.24, 2.45) is 0 Å². The summed E-state index contributed by atoms with van der Waals surface area (Å²) in [5.41, 5.74) is 1.48. The minimum absolute atomic E-state index is 0.0375.